The molecule has 4 rings (SSSR count). The van der Waals surface area contributed by atoms with E-state index < -0.39 is 0 Å². The van der Waals surface area contributed by atoms with Gasteiger partial charge in [0.05, 0.1) is 26.6 Å². The third kappa shape index (κ3) is 5.28. The molecule has 176 valence electrons. The maximum absolute atomic E-state index is 13.0. The van der Waals surface area contributed by atoms with Crippen LogP contribution >= 0.6 is 0 Å². The fraction of sp³-hybridized carbons (Fsp3) is 0.435. The second-order valence-electron chi connectivity index (χ2n) is 7.71. The third-order valence-electron chi connectivity index (χ3n) is 5.71. The molecular formula is C23H27N3O7. The minimum absolute atomic E-state index is 0.116. The van der Waals surface area contributed by atoms with Crippen LogP contribution < -0.4 is 9.47 Å². The second-order valence-corrected chi connectivity index (χ2v) is 7.71. The number of carbonyl (C=O) groups is 3. The molecule has 33 heavy (non-hydrogen) atoms. The molecule has 0 bridgehead atoms. The Kier molecular flexibility index (Phi) is 7.13. The first-order valence-electron chi connectivity index (χ1n) is 10.8. The van der Waals surface area contributed by atoms with E-state index in [2.05, 4.69) is 0 Å². The first-order chi connectivity index (χ1) is 16.1. The summed E-state index contributed by atoms with van der Waals surface area (Å²) in [6.45, 7) is 3.71. The Labute approximate surface area is 191 Å². The Bertz CT molecular complexity index is 978. The predicted molar refractivity (Wildman–Crippen MR) is 116 cm³/mol. The van der Waals surface area contributed by atoms with Gasteiger partial charge in [-0.05, 0) is 30.3 Å². The number of ether oxygens (including phenoxy) is 3. The summed E-state index contributed by atoms with van der Waals surface area (Å²) in [6, 6.07) is 8.20. The molecule has 2 aromatic rings. The largest absolute Gasteiger partial charge is 0.493 e. The van der Waals surface area contributed by atoms with Gasteiger partial charge in [0.1, 0.15) is 0 Å². The van der Waals surface area contributed by atoms with Gasteiger partial charge in [-0.3, -0.25) is 14.4 Å². The van der Waals surface area contributed by atoms with Gasteiger partial charge in [-0.25, -0.2) is 0 Å². The van der Waals surface area contributed by atoms with E-state index in [4.69, 9.17) is 18.6 Å². The van der Waals surface area contributed by atoms with Crippen LogP contribution in [0.15, 0.2) is 41.0 Å². The summed E-state index contributed by atoms with van der Waals surface area (Å²) in [5.41, 5.74) is 0.449. The molecular weight excluding hydrogens is 430 g/mol. The molecule has 1 aromatic heterocycles. The minimum Gasteiger partial charge on any atom is -0.493 e. The fourth-order valence-corrected chi connectivity index (χ4v) is 3.81. The molecule has 10 nitrogen and oxygen atoms in total. The van der Waals surface area contributed by atoms with E-state index in [0.717, 1.165) is 0 Å². The Morgan fingerprint density at radius 2 is 1.58 bits per heavy atom. The van der Waals surface area contributed by atoms with Crippen LogP contribution in [0.1, 0.15) is 20.9 Å². The van der Waals surface area contributed by atoms with Crippen molar-refractivity contribution in [1.82, 2.24) is 14.7 Å². The topological polar surface area (TPSA) is 102 Å². The highest BCUT2D eigenvalue weighted by Crippen LogP contribution is 2.29. The van der Waals surface area contributed by atoms with Crippen LogP contribution in [0.3, 0.4) is 0 Å². The Morgan fingerprint density at radius 1 is 0.879 bits per heavy atom. The molecule has 2 fully saturated rings. The highest BCUT2D eigenvalue weighted by atomic mass is 16.5. The van der Waals surface area contributed by atoms with Gasteiger partial charge in [-0.2, -0.15) is 0 Å². The smallest absolute Gasteiger partial charge is 0.289 e. The van der Waals surface area contributed by atoms with Crippen LogP contribution in [0.25, 0.3) is 0 Å². The van der Waals surface area contributed by atoms with Crippen LogP contribution in [0.4, 0.5) is 0 Å². The molecule has 3 amide bonds. The van der Waals surface area contributed by atoms with Gasteiger partial charge >= 0.3 is 0 Å². The quantitative estimate of drug-likeness (QED) is 0.641. The number of nitrogens with zero attached hydrogens (tertiary/aromatic N) is 3. The van der Waals surface area contributed by atoms with Crippen LogP contribution in [0, 0.1) is 0 Å². The lowest BCUT2D eigenvalue weighted by molar-refractivity contribution is -0.137. The summed E-state index contributed by atoms with van der Waals surface area (Å²) in [5, 5.41) is 0. The van der Waals surface area contributed by atoms with Gasteiger partial charge in [0.25, 0.3) is 17.7 Å². The Morgan fingerprint density at radius 3 is 2.21 bits per heavy atom. The van der Waals surface area contributed by atoms with E-state index >= 15 is 0 Å². The molecule has 0 aliphatic carbocycles. The monoisotopic (exact) mass is 457 g/mol. The normalized spacial score (nSPS) is 16.5. The van der Waals surface area contributed by atoms with Gasteiger partial charge < -0.3 is 33.3 Å². The molecule has 0 radical (unpaired) electrons. The second kappa shape index (κ2) is 10.4. The zero-order chi connectivity index (χ0) is 23.2. The van der Waals surface area contributed by atoms with Gasteiger partial charge in [0, 0.05) is 44.8 Å². The Hall–Kier alpha value is -3.53. The minimum atomic E-state index is -0.179. The van der Waals surface area contributed by atoms with Crippen LogP contribution in [-0.2, 0) is 9.53 Å². The summed E-state index contributed by atoms with van der Waals surface area (Å²) < 4.78 is 21.5. The van der Waals surface area contributed by atoms with Crippen molar-refractivity contribution in [3.63, 3.8) is 0 Å². The summed E-state index contributed by atoms with van der Waals surface area (Å²) in [7, 11) is 1.49. The summed E-state index contributed by atoms with van der Waals surface area (Å²) in [4.78, 5) is 42.8. The lowest BCUT2D eigenvalue weighted by Crippen LogP contribution is -2.50. The number of amides is 3. The highest BCUT2D eigenvalue weighted by molar-refractivity contribution is 5.95. The number of piperazine rings is 1. The van der Waals surface area contributed by atoms with Crippen molar-refractivity contribution in [3.8, 4) is 11.5 Å². The molecule has 10 heteroatoms. The molecule has 0 N–H and O–H groups in total. The first kappa shape index (κ1) is 22.7. The predicted octanol–water partition coefficient (Wildman–Crippen LogP) is 1.12. The molecule has 3 heterocycles. The molecule has 0 unspecified atom stereocenters. The molecule has 2 saturated heterocycles. The standard InChI is InChI=1S/C23H27N3O7/c1-30-20-15-17(4-5-18(20)33-16-21(27)24-10-13-31-14-11-24)22(28)25-6-8-26(9-7-25)23(29)19-3-2-12-32-19/h2-5,12,15H,6-11,13-14,16H2,1H3. The average molecular weight is 457 g/mol. The van der Waals surface area contributed by atoms with E-state index in [1.54, 1.807) is 45.0 Å². The van der Waals surface area contributed by atoms with Crippen molar-refractivity contribution in [2.45, 2.75) is 0 Å². The number of morpholine rings is 1. The molecule has 2 aliphatic heterocycles. The van der Waals surface area contributed by atoms with Gasteiger partial charge in [-0.15, -0.1) is 0 Å². The number of hydrogen-bond acceptors (Lipinski definition) is 7. The van der Waals surface area contributed by atoms with E-state index in [9.17, 15) is 14.4 Å². The summed E-state index contributed by atoms with van der Waals surface area (Å²) in [6.07, 6.45) is 1.46. The Balaban J connectivity index is 1.33. The van der Waals surface area contributed by atoms with E-state index in [1.807, 2.05) is 0 Å². The summed E-state index contributed by atoms with van der Waals surface area (Å²) >= 11 is 0. The lowest BCUT2D eigenvalue weighted by atomic mass is 10.1. The van der Waals surface area contributed by atoms with E-state index in [1.165, 1.54) is 13.4 Å². The number of hydrogen-bond donors (Lipinski definition) is 0. The van der Waals surface area contributed by atoms with E-state index in [-0.39, 0.29) is 24.3 Å². The van der Waals surface area contributed by atoms with Crippen molar-refractivity contribution < 1.29 is 33.0 Å². The number of rotatable bonds is 6. The van der Waals surface area contributed by atoms with Crippen LogP contribution in [-0.4, -0.2) is 98.6 Å². The van der Waals surface area contributed by atoms with Crippen LogP contribution in [0.2, 0.25) is 0 Å². The SMILES string of the molecule is COc1cc(C(=O)N2CCN(C(=O)c3ccco3)CC2)ccc1OCC(=O)N1CCOCC1. The number of furan rings is 1. The van der Waals surface area contributed by atoms with Crippen molar-refractivity contribution >= 4 is 17.7 Å². The molecule has 0 atom stereocenters. The zero-order valence-corrected chi connectivity index (χ0v) is 18.5. The maximum atomic E-state index is 13.0. The van der Waals surface area contributed by atoms with Gasteiger partial charge in [0.15, 0.2) is 23.9 Å². The molecule has 0 spiro atoms. The van der Waals surface area contributed by atoms with E-state index in [0.29, 0.717) is 75.3 Å². The lowest BCUT2D eigenvalue weighted by Gasteiger charge is -2.34. The van der Waals surface area contributed by atoms with Crippen molar-refractivity contribution in [2.24, 2.45) is 0 Å². The first-order valence-corrected chi connectivity index (χ1v) is 10.8. The average Bonchev–Trinajstić information content (AvgIpc) is 3.42. The van der Waals surface area contributed by atoms with Crippen molar-refractivity contribution in [2.75, 3.05) is 66.2 Å². The van der Waals surface area contributed by atoms with Gasteiger partial charge in [-0.1, -0.05) is 0 Å². The molecule has 1 aromatic carbocycles. The number of carbonyl (C=O) groups excluding carboxylic acids is 3. The van der Waals surface area contributed by atoms with Crippen molar-refractivity contribution in [3.05, 3.63) is 47.9 Å². The van der Waals surface area contributed by atoms with Crippen LogP contribution in [0.5, 0.6) is 11.5 Å². The number of methoxy groups -OCH3 is 1. The summed E-state index contributed by atoms with van der Waals surface area (Å²) in [5.74, 6) is 0.604. The maximum Gasteiger partial charge on any atom is 0.289 e. The highest BCUT2D eigenvalue weighted by Gasteiger charge is 2.27. The van der Waals surface area contributed by atoms with Gasteiger partial charge in [0.2, 0.25) is 0 Å². The molecule has 0 saturated carbocycles. The fourth-order valence-electron chi connectivity index (χ4n) is 3.81. The van der Waals surface area contributed by atoms with Crippen molar-refractivity contribution in [1.29, 1.82) is 0 Å². The number of benzene rings is 1. The zero-order valence-electron chi connectivity index (χ0n) is 18.5. The third-order valence-corrected chi connectivity index (χ3v) is 5.71. The molecule has 2 aliphatic rings.